The number of carbonyl (C=O) groups is 1. The molecule has 2 saturated heterocycles. The zero-order valence-corrected chi connectivity index (χ0v) is 29.8. The number of ether oxygens (including phenoxy) is 3. The van der Waals surface area contributed by atoms with Crippen LogP contribution in [0.1, 0.15) is 119 Å². The topological polar surface area (TPSA) is 88.5 Å². The molecule has 46 heavy (non-hydrogen) atoms. The lowest BCUT2D eigenvalue weighted by molar-refractivity contribution is -0.248. The van der Waals surface area contributed by atoms with Gasteiger partial charge in [0.2, 0.25) is 5.91 Å². The fourth-order valence-corrected chi connectivity index (χ4v) is 14.0. The molecule has 1 amide bonds. The van der Waals surface area contributed by atoms with E-state index in [9.17, 15) is 15.0 Å². The van der Waals surface area contributed by atoms with E-state index < -0.39 is 12.2 Å². The molecule has 7 heteroatoms. The quantitative estimate of drug-likeness (QED) is 0.360. The Kier molecular flexibility index (Phi) is 7.51. The Balaban J connectivity index is 1.01. The van der Waals surface area contributed by atoms with Crippen molar-refractivity contribution in [3.05, 3.63) is 0 Å². The molecule has 0 aromatic rings. The molecule has 7 unspecified atom stereocenters. The van der Waals surface area contributed by atoms with Crippen molar-refractivity contribution in [2.75, 3.05) is 19.7 Å². The van der Waals surface area contributed by atoms with E-state index in [0.29, 0.717) is 66.5 Å². The van der Waals surface area contributed by atoms with Crippen molar-refractivity contribution in [1.82, 2.24) is 4.90 Å². The van der Waals surface area contributed by atoms with Gasteiger partial charge in [0.15, 0.2) is 6.29 Å². The van der Waals surface area contributed by atoms with Gasteiger partial charge in [-0.2, -0.15) is 0 Å². The minimum atomic E-state index is -0.495. The standard InChI is InChI=1S/C39H63NO6/c1-22(2)32(42)25-18-23(3)31-33(45-25)34(43)37(7)27-11-10-26-35(4,5)28(12-13-38(26)21-39(27,38)15-14-36(31,37)6)46-30-20-40(16-17-44-30)29(41)19-24-8-9-24/h22-28,30-34,42-43H,8-21H2,1-7H3/t23-,25?,26+,27?,28?,30+,31+,32-,33?,34+,36?,37-,38?,39?/m1/s1. The number of aliphatic hydroxyl groups is 2. The molecule has 0 radical (unpaired) electrons. The van der Waals surface area contributed by atoms with Gasteiger partial charge in [-0.3, -0.25) is 4.79 Å². The van der Waals surface area contributed by atoms with Crippen molar-refractivity contribution in [3.8, 4) is 0 Å². The third kappa shape index (κ3) is 4.29. The summed E-state index contributed by atoms with van der Waals surface area (Å²) in [6.45, 7) is 18.2. The van der Waals surface area contributed by atoms with Crippen molar-refractivity contribution in [1.29, 1.82) is 0 Å². The van der Waals surface area contributed by atoms with Crippen molar-refractivity contribution < 1.29 is 29.2 Å². The minimum absolute atomic E-state index is 0.0259. The Bertz CT molecular complexity index is 1220. The molecule has 8 rings (SSSR count). The molecule has 0 aromatic heterocycles. The molecule has 8 aliphatic rings. The first kappa shape index (κ1) is 32.5. The SMILES string of the molecule is CC(C)[C@@H](O)C1C[C@@H](C)[C@H]2C(O1)[C@H](O)[C@@]1(C)C3CC[C@H]4C(C)(C)C(O[C@H]5CN(C(=O)CC6CC6)CCO5)CCC45CC35CCC21C. The molecule has 260 valence electrons. The summed E-state index contributed by atoms with van der Waals surface area (Å²) in [5, 5.41) is 23.5. The highest BCUT2D eigenvalue weighted by Crippen LogP contribution is 2.89. The molecular weight excluding hydrogens is 578 g/mol. The van der Waals surface area contributed by atoms with Crippen LogP contribution >= 0.6 is 0 Å². The van der Waals surface area contributed by atoms with E-state index in [0.717, 1.165) is 12.8 Å². The van der Waals surface area contributed by atoms with Gasteiger partial charge in [0.05, 0.1) is 43.7 Å². The molecule has 6 aliphatic carbocycles. The first-order valence-electron chi connectivity index (χ1n) is 19.3. The normalized spacial score (nSPS) is 53.0. The van der Waals surface area contributed by atoms with E-state index >= 15 is 0 Å². The van der Waals surface area contributed by atoms with Crippen LogP contribution in [0.3, 0.4) is 0 Å². The number of aliphatic hydroxyl groups excluding tert-OH is 2. The highest BCUT2D eigenvalue weighted by molar-refractivity contribution is 5.76. The summed E-state index contributed by atoms with van der Waals surface area (Å²) in [5.41, 5.74) is 0.505. The number of carbonyl (C=O) groups excluding carboxylic acids is 1. The highest BCUT2D eigenvalue weighted by Gasteiger charge is 2.84. The predicted octanol–water partition coefficient (Wildman–Crippen LogP) is 6.19. The van der Waals surface area contributed by atoms with Crippen molar-refractivity contribution in [2.24, 2.45) is 62.6 Å². The number of nitrogens with zero attached hydrogens (tertiary/aromatic N) is 1. The van der Waals surface area contributed by atoms with Gasteiger partial charge < -0.3 is 29.3 Å². The van der Waals surface area contributed by atoms with Crippen molar-refractivity contribution in [3.63, 3.8) is 0 Å². The van der Waals surface area contributed by atoms with E-state index in [2.05, 4.69) is 48.5 Å². The van der Waals surface area contributed by atoms with E-state index in [1.807, 2.05) is 4.90 Å². The fourth-order valence-electron chi connectivity index (χ4n) is 14.0. The van der Waals surface area contributed by atoms with Crippen LogP contribution in [0.2, 0.25) is 0 Å². The van der Waals surface area contributed by atoms with Crippen LogP contribution in [0, 0.1) is 62.6 Å². The third-order valence-corrected chi connectivity index (χ3v) is 16.7. The van der Waals surface area contributed by atoms with Gasteiger partial charge in [0, 0.05) is 18.4 Å². The highest BCUT2D eigenvalue weighted by atomic mass is 16.7. The number of rotatable bonds is 6. The zero-order valence-electron chi connectivity index (χ0n) is 29.8. The summed E-state index contributed by atoms with van der Waals surface area (Å²) >= 11 is 0. The second kappa shape index (κ2) is 10.6. The lowest BCUT2D eigenvalue weighted by Crippen LogP contribution is -2.60. The molecule has 7 nitrogen and oxygen atoms in total. The Labute approximate surface area is 277 Å². The summed E-state index contributed by atoms with van der Waals surface area (Å²) in [5.74, 6) is 2.88. The van der Waals surface area contributed by atoms with Crippen LogP contribution in [0.15, 0.2) is 0 Å². The maximum absolute atomic E-state index is 12.9. The van der Waals surface area contributed by atoms with Crippen LogP contribution in [0.25, 0.3) is 0 Å². The van der Waals surface area contributed by atoms with Gasteiger partial charge in [-0.1, -0.05) is 48.5 Å². The Morgan fingerprint density at radius 1 is 1.00 bits per heavy atom. The van der Waals surface area contributed by atoms with Gasteiger partial charge in [0.25, 0.3) is 0 Å². The Morgan fingerprint density at radius 3 is 2.43 bits per heavy atom. The molecule has 2 N–H and O–H groups in total. The first-order valence-corrected chi connectivity index (χ1v) is 19.3. The fraction of sp³-hybridized carbons (Fsp3) is 0.974. The molecule has 14 atom stereocenters. The van der Waals surface area contributed by atoms with Crippen molar-refractivity contribution in [2.45, 2.75) is 156 Å². The van der Waals surface area contributed by atoms with Gasteiger partial charge in [-0.05, 0) is 121 Å². The summed E-state index contributed by atoms with van der Waals surface area (Å²) in [7, 11) is 0. The molecule has 0 aromatic carbocycles. The maximum atomic E-state index is 12.9. The van der Waals surface area contributed by atoms with Gasteiger partial charge in [0.1, 0.15) is 0 Å². The second-order valence-corrected chi connectivity index (χ2v) is 19.2. The molecule has 8 fully saturated rings. The molecule has 2 spiro atoms. The van der Waals surface area contributed by atoms with Crippen LogP contribution in [-0.2, 0) is 19.0 Å². The summed E-state index contributed by atoms with van der Waals surface area (Å²) in [4.78, 5) is 14.9. The molecule has 0 bridgehead atoms. The molecule has 2 heterocycles. The number of morpholine rings is 1. The average molecular weight is 642 g/mol. The van der Waals surface area contributed by atoms with Gasteiger partial charge in [-0.25, -0.2) is 0 Å². The number of hydrogen-bond acceptors (Lipinski definition) is 6. The number of fused-ring (bicyclic) bond motifs is 4. The molecule has 6 saturated carbocycles. The lowest BCUT2D eigenvalue weighted by Gasteiger charge is -2.64. The summed E-state index contributed by atoms with van der Waals surface area (Å²) in [6.07, 6.45) is 10.7. The van der Waals surface area contributed by atoms with E-state index in [-0.39, 0.29) is 52.7 Å². The first-order chi connectivity index (χ1) is 21.7. The van der Waals surface area contributed by atoms with E-state index in [4.69, 9.17) is 14.2 Å². The number of hydrogen-bond donors (Lipinski definition) is 2. The van der Waals surface area contributed by atoms with Crippen LogP contribution < -0.4 is 0 Å². The van der Waals surface area contributed by atoms with E-state index in [1.54, 1.807) is 0 Å². The number of amides is 1. The summed E-state index contributed by atoms with van der Waals surface area (Å²) < 4.78 is 19.8. The Morgan fingerprint density at radius 2 is 1.72 bits per heavy atom. The van der Waals surface area contributed by atoms with Crippen LogP contribution in [0.5, 0.6) is 0 Å². The van der Waals surface area contributed by atoms with Gasteiger partial charge in [-0.15, -0.1) is 0 Å². The van der Waals surface area contributed by atoms with E-state index in [1.165, 1.54) is 51.4 Å². The minimum Gasteiger partial charge on any atom is -0.390 e. The van der Waals surface area contributed by atoms with Crippen molar-refractivity contribution >= 4 is 5.91 Å². The predicted molar refractivity (Wildman–Crippen MR) is 175 cm³/mol. The lowest BCUT2D eigenvalue weighted by atomic mass is 9.41. The molecule has 2 aliphatic heterocycles. The second-order valence-electron chi connectivity index (χ2n) is 19.2. The van der Waals surface area contributed by atoms with Crippen LogP contribution in [-0.4, -0.2) is 77.5 Å². The summed E-state index contributed by atoms with van der Waals surface area (Å²) in [6, 6.07) is 0. The smallest absolute Gasteiger partial charge is 0.223 e. The average Bonchev–Trinajstić information content (AvgIpc) is 3.93. The van der Waals surface area contributed by atoms with Gasteiger partial charge >= 0.3 is 0 Å². The Hall–Kier alpha value is -0.730. The third-order valence-electron chi connectivity index (χ3n) is 16.7. The molecular formula is C39H63NO6. The maximum Gasteiger partial charge on any atom is 0.223 e. The zero-order chi connectivity index (χ0) is 32.6. The van der Waals surface area contributed by atoms with Crippen LogP contribution in [0.4, 0.5) is 0 Å². The monoisotopic (exact) mass is 641 g/mol. The largest absolute Gasteiger partial charge is 0.390 e.